The number of nitrogens with one attached hydrogen (secondary N) is 2. The van der Waals surface area contributed by atoms with Crippen molar-refractivity contribution in [3.05, 3.63) is 29.8 Å². The average Bonchev–Trinajstić information content (AvgIpc) is 2.62. The van der Waals surface area contributed by atoms with Crippen molar-refractivity contribution in [2.75, 3.05) is 0 Å². The maximum atomic E-state index is 12.2. The average molecular weight is 363 g/mol. The Balaban J connectivity index is 1.96. The highest BCUT2D eigenvalue weighted by atomic mass is 32.2. The van der Waals surface area contributed by atoms with Crippen molar-refractivity contribution in [3.63, 3.8) is 0 Å². The molecule has 1 fully saturated rings. The van der Waals surface area contributed by atoms with Crippen molar-refractivity contribution in [1.82, 2.24) is 10.0 Å². The van der Waals surface area contributed by atoms with E-state index in [0.717, 1.165) is 32.1 Å². The van der Waals surface area contributed by atoms with Crippen LogP contribution in [0.3, 0.4) is 0 Å². The summed E-state index contributed by atoms with van der Waals surface area (Å²) in [6, 6.07) is 6.14. The Kier molecular flexibility index (Phi) is 6.15. The number of nitrogens with zero attached hydrogens (tertiary/aromatic N) is 1. The fraction of sp³-hybridized carbons (Fsp3) is 0.471. The van der Waals surface area contributed by atoms with E-state index in [2.05, 4.69) is 5.32 Å². The van der Waals surface area contributed by atoms with Gasteiger partial charge >= 0.3 is 0 Å². The van der Waals surface area contributed by atoms with Gasteiger partial charge in [0.25, 0.3) is 15.9 Å². The number of benzene rings is 1. The molecule has 8 heteroatoms. The summed E-state index contributed by atoms with van der Waals surface area (Å²) >= 11 is 0. The van der Waals surface area contributed by atoms with E-state index in [0.29, 0.717) is 5.56 Å². The van der Waals surface area contributed by atoms with Crippen LogP contribution in [-0.4, -0.2) is 26.3 Å². The molecule has 0 bridgehead atoms. The van der Waals surface area contributed by atoms with E-state index in [1.165, 1.54) is 31.2 Å². The summed E-state index contributed by atoms with van der Waals surface area (Å²) in [7, 11) is -4.05. The lowest BCUT2D eigenvalue weighted by atomic mass is 9.88. The molecule has 1 aliphatic rings. The van der Waals surface area contributed by atoms with Gasteiger partial charge < -0.3 is 5.32 Å². The Labute approximate surface area is 147 Å². The number of carbonyl (C=O) groups is 2. The topological polar surface area (TPSA) is 116 Å². The molecule has 1 aromatic carbocycles. The monoisotopic (exact) mass is 363 g/mol. The number of hydrogen-bond donors (Lipinski definition) is 2. The Morgan fingerprint density at radius 2 is 1.76 bits per heavy atom. The quantitative estimate of drug-likeness (QED) is 0.821. The van der Waals surface area contributed by atoms with Gasteiger partial charge in [-0.3, -0.25) is 9.59 Å². The summed E-state index contributed by atoms with van der Waals surface area (Å²) in [6.07, 6.45) is 4.69. The maximum absolute atomic E-state index is 12.2. The molecule has 0 spiro atoms. The van der Waals surface area contributed by atoms with E-state index < -0.39 is 22.0 Å². The molecule has 0 saturated heterocycles. The Morgan fingerprint density at radius 1 is 1.16 bits per heavy atom. The number of hydrogen-bond acceptors (Lipinski definition) is 5. The van der Waals surface area contributed by atoms with Crippen LogP contribution >= 0.6 is 0 Å². The van der Waals surface area contributed by atoms with E-state index in [9.17, 15) is 18.0 Å². The highest BCUT2D eigenvalue weighted by Crippen LogP contribution is 2.23. The minimum atomic E-state index is -4.05. The Hall–Kier alpha value is -2.40. The maximum Gasteiger partial charge on any atom is 0.264 e. The summed E-state index contributed by atoms with van der Waals surface area (Å²) in [5.74, 6) is -1.12. The summed E-state index contributed by atoms with van der Waals surface area (Å²) < 4.78 is 26.4. The van der Waals surface area contributed by atoms with Crippen LogP contribution < -0.4 is 10.0 Å². The van der Waals surface area contributed by atoms with Crippen LogP contribution in [0.25, 0.3) is 0 Å². The molecule has 0 aliphatic heterocycles. The van der Waals surface area contributed by atoms with Crippen LogP contribution in [-0.2, 0) is 19.6 Å². The van der Waals surface area contributed by atoms with Gasteiger partial charge in [0.15, 0.2) is 0 Å². The lowest BCUT2D eigenvalue weighted by molar-refractivity contribution is -0.130. The summed E-state index contributed by atoms with van der Waals surface area (Å²) in [5.41, 5.74) is 0.318. The van der Waals surface area contributed by atoms with Crippen LogP contribution in [0.15, 0.2) is 29.2 Å². The van der Waals surface area contributed by atoms with Crippen LogP contribution in [0.1, 0.15) is 44.6 Å². The van der Waals surface area contributed by atoms with Gasteiger partial charge in [0.1, 0.15) is 6.04 Å². The SMILES string of the molecule is C[C@@H](NC(=O)C1CCCCC1)C(=O)NS(=O)(=O)c1ccc(C#N)cc1. The minimum absolute atomic E-state index is 0.112. The third-order valence-electron chi connectivity index (χ3n) is 4.26. The molecule has 1 aromatic rings. The lowest BCUT2D eigenvalue weighted by Crippen LogP contribution is -2.48. The first-order valence-electron chi connectivity index (χ1n) is 8.20. The molecule has 0 heterocycles. The predicted octanol–water partition coefficient (Wildman–Crippen LogP) is 1.45. The third kappa shape index (κ3) is 5.03. The fourth-order valence-electron chi connectivity index (χ4n) is 2.75. The molecule has 2 rings (SSSR count). The molecule has 0 aromatic heterocycles. The van der Waals surface area contributed by atoms with Crippen molar-refractivity contribution in [2.24, 2.45) is 5.92 Å². The van der Waals surface area contributed by atoms with Gasteiger partial charge in [-0.25, -0.2) is 13.1 Å². The fourth-order valence-corrected chi connectivity index (χ4v) is 3.80. The molecular weight excluding hydrogens is 342 g/mol. The molecule has 7 nitrogen and oxygen atoms in total. The predicted molar refractivity (Wildman–Crippen MR) is 90.7 cm³/mol. The lowest BCUT2D eigenvalue weighted by Gasteiger charge is -2.22. The normalized spacial score (nSPS) is 16.5. The van der Waals surface area contributed by atoms with Gasteiger partial charge in [-0.2, -0.15) is 5.26 Å². The van der Waals surface area contributed by atoms with E-state index in [1.54, 1.807) is 0 Å². The number of carbonyl (C=O) groups excluding carboxylic acids is 2. The number of sulfonamides is 1. The van der Waals surface area contributed by atoms with Crippen molar-refractivity contribution in [3.8, 4) is 6.07 Å². The highest BCUT2D eigenvalue weighted by molar-refractivity contribution is 7.90. The first-order chi connectivity index (χ1) is 11.8. The second kappa shape index (κ2) is 8.12. The van der Waals surface area contributed by atoms with Crippen molar-refractivity contribution < 1.29 is 18.0 Å². The van der Waals surface area contributed by atoms with Crippen LogP contribution in [0.4, 0.5) is 0 Å². The summed E-state index contributed by atoms with van der Waals surface area (Å²) in [6.45, 7) is 1.45. The van der Waals surface area contributed by atoms with Gasteiger partial charge in [0.05, 0.1) is 16.5 Å². The molecule has 134 valence electrons. The zero-order valence-corrected chi connectivity index (χ0v) is 14.8. The molecule has 2 N–H and O–H groups in total. The van der Waals surface area contributed by atoms with E-state index >= 15 is 0 Å². The highest BCUT2D eigenvalue weighted by Gasteiger charge is 2.26. The first kappa shape index (κ1) is 18.9. The van der Waals surface area contributed by atoms with Gasteiger partial charge in [0.2, 0.25) is 5.91 Å². The largest absolute Gasteiger partial charge is 0.344 e. The second-order valence-electron chi connectivity index (χ2n) is 6.17. The standard InChI is InChI=1S/C17H21N3O4S/c1-12(19-17(22)14-5-3-2-4-6-14)16(21)20-25(23,24)15-9-7-13(11-18)8-10-15/h7-10,12,14H,2-6H2,1H3,(H,19,22)(H,20,21)/t12-/m1/s1. The van der Waals surface area contributed by atoms with Crippen LogP contribution in [0.2, 0.25) is 0 Å². The molecule has 25 heavy (non-hydrogen) atoms. The van der Waals surface area contributed by atoms with Crippen molar-refractivity contribution in [1.29, 1.82) is 5.26 Å². The Bertz CT molecular complexity index is 775. The summed E-state index contributed by atoms with van der Waals surface area (Å²) in [4.78, 5) is 24.1. The molecule has 0 unspecified atom stereocenters. The molecule has 1 aliphatic carbocycles. The van der Waals surface area contributed by atoms with E-state index in [4.69, 9.17) is 5.26 Å². The molecule has 0 radical (unpaired) electrons. The number of nitriles is 1. The van der Waals surface area contributed by atoms with Crippen LogP contribution in [0, 0.1) is 17.2 Å². The molecule has 1 atom stereocenters. The Morgan fingerprint density at radius 3 is 2.32 bits per heavy atom. The third-order valence-corrected chi connectivity index (χ3v) is 5.62. The van der Waals surface area contributed by atoms with Gasteiger partial charge in [-0.15, -0.1) is 0 Å². The van der Waals surface area contributed by atoms with Gasteiger partial charge in [-0.1, -0.05) is 19.3 Å². The van der Waals surface area contributed by atoms with Crippen LogP contribution in [0.5, 0.6) is 0 Å². The van der Waals surface area contributed by atoms with Gasteiger partial charge in [0, 0.05) is 5.92 Å². The first-order valence-corrected chi connectivity index (χ1v) is 9.69. The number of amides is 2. The van der Waals surface area contributed by atoms with E-state index in [-0.39, 0.29) is 16.7 Å². The van der Waals surface area contributed by atoms with E-state index in [1.807, 2.05) is 10.8 Å². The molecule has 2 amide bonds. The molecule has 1 saturated carbocycles. The van der Waals surface area contributed by atoms with Crippen molar-refractivity contribution >= 4 is 21.8 Å². The minimum Gasteiger partial charge on any atom is -0.344 e. The zero-order valence-electron chi connectivity index (χ0n) is 14.0. The second-order valence-corrected chi connectivity index (χ2v) is 7.85. The smallest absolute Gasteiger partial charge is 0.264 e. The summed E-state index contributed by atoms with van der Waals surface area (Å²) in [5, 5.41) is 11.3. The zero-order chi connectivity index (χ0) is 18.4. The van der Waals surface area contributed by atoms with Crippen molar-refractivity contribution in [2.45, 2.75) is 50.0 Å². The number of rotatable bonds is 5. The molecular formula is C17H21N3O4S. The van der Waals surface area contributed by atoms with Gasteiger partial charge in [-0.05, 0) is 44.0 Å².